The van der Waals surface area contributed by atoms with Crippen LogP contribution in [-0.2, 0) is 28.6 Å². The first-order chi connectivity index (χ1) is 22.0. The largest absolute Gasteiger partial charge is 0.466 e. The number of carbonyl (C=O) groups is 3. The third-order valence-corrected chi connectivity index (χ3v) is 9.02. The average molecular weight is 636 g/mol. The molecule has 246 valence electrons. The number of dihydropyridines is 1. The number of methoxy groups -OCH3 is 2. The zero-order valence-electron chi connectivity index (χ0n) is 26.7. The smallest absolute Gasteiger partial charge is 0.336 e. The number of nitro benzene ring substituents is 1. The number of nitro groups is 1. The van der Waals surface area contributed by atoms with E-state index in [1.807, 2.05) is 30.3 Å². The van der Waals surface area contributed by atoms with Gasteiger partial charge in [-0.25, -0.2) is 9.59 Å². The summed E-state index contributed by atoms with van der Waals surface area (Å²) < 4.78 is 15.4. The number of esters is 3. The van der Waals surface area contributed by atoms with Gasteiger partial charge in [-0.3, -0.25) is 14.9 Å². The maximum atomic E-state index is 12.4. The van der Waals surface area contributed by atoms with Crippen molar-refractivity contribution in [3.05, 3.63) is 98.4 Å². The number of fused-ring (bicyclic) bond motifs is 2. The second-order valence-electron chi connectivity index (χ2n) is 11.7. The molecule has 4 atom stereocenters. The van der Waals surface area contributed by atoms with E-state index in [4.69, 9.17) is 14.2 Å². The van der Waals surface area contributed by atoms with E-state index in [0.29, 0.717) is 23.5 Å². The number of piperidine rings is 1. The van der Waals surface area contributed by atoms with E-state index in [-0.39, 0.29) is 41.1 Å². The van der Waals surface area contributed by atoms with Crippen LogP contribution in [0.5, 0.6) is 0 Å². The first-order valence-electron chi connectivity index (χ1n) is 15.2. The molecule has 2 aromatic carbocycles. The minimum absolute atomic E-state index is 0.00367. The molecule has 12 nitrogen and oxygen atoms in total. The predicted octanol–water partition coefficient (Wildman–Crippen LogP) is 4.11. The van der Waals surface area contributed by atoms with Crippen LogP contribution < -0.4 is 5.32 Å². The van der Waals surface area contributed by atoms with Crippen molar-refractivity contribution >= 4 is 23.6 Å². The van der Waals surface area contributed by atoms with Gasteiger partial charge < -0.3 is 29.5 Å². The Hall–Kier alpha value is -4.55. The number of aliphatic hydroxyl groups is 1. The average Bonchev–Trinajstić information content (AvgIpc) is 3.24. The number of allylic oxidation sites excluding steroid dienone is 2. The van der Waals surface area contributed by atoms with Crippen LogP contribution in [0.2, 0.25) is 0 Å². The Morgan fingerprint density at radius 2 is 1.46 bits per heavy atom. The van der Waals surface area contributed by atoms with E-state index < -0.39 is 28.7 Å². The van der Waals surface area contributed by atoms with Gasteiger partial charge in [0.2, 0.25) is 0 Å². The van der Waals surface area contributed by atoms with Crippen LogP contribution in [0.4, 0.5) is 5.69 Å². The molecule has 0 aromatic heterocycles. The van der Waals surface area contributed by atoms with Crippen LogP contribution in [0.15, 0.2) is 77.1 Å². The molecule has 3 heterocycles. The van der Waals surface area contributed by atoms with Crippen molar-refractivity contribution in [3.8, 4) is 0 Å². The molecule has 2 saturated heterocycles. The van der Waals surface area contributed by atoms with Gasteiger partial charge in [0.25, 0.3) is 5.69 Å². The Kier molecular flexibility index (Phi) is 11.3. The normalized spacial score (nSPS) is 21.8. The number of hydrogen-bond acceptors (Lipinski definition) is 11. The summed E-state index contributed by atoms with van der Waals surface area (Å²) in [7, 11) is 4.59. The fourth-order valence-electron chi connectivity index (χ4n) is 6.67. The highest BCUT2D eigenvalue weighted by atomic mass is 16.6. The molecule has 2 aromatic rings. The van der Waals surface area contributed by atoms with E-state index in [1.165, 1.54) is 45.3 Å². The Morgan fingerprint density at radius 1 is 0.935 bits per heavy atom. The lowest BCUT2D eigenvalue weighted by atomic mass is 9.79. The molecule has 3 aliphatic heterocycles. The van der Waals surface area contributed by atoms with E-state index >= 15 is 0 Å². The third-order valence-electron chi connectivity index (χ3n) is 9.02. The number of hydrogen-bond donors (Lipinski definition) is 2. The Balaban J connectivity index is 0.000000211. The molecule has 2 N–H and O–H groups in total. The van der Waals surface area contributed by atoms with Gasteiger partial charge in [0, 0.05) is 35.1 Å². The quantitative estimate of drug-likeness (QED) is 0.186. The molecule has 46 heavy (non-hydrogen) atoms. The highest BCUT2D eigenvalue weighted by Crippen LogP contribution is 2.42. The van der Waals surface area contributed by atoms with E-state index in [0.717, 1.165) is 18.4 Å². The van der Waals surface area contributed by atoms with E-state index in [1.54, 1.807) is 19.9 Å². The summed E-state index contributed by atoms with van der Waals surface area (Å²) in [5.41, 5.74) is 2.01. The predicted molar refractivity (Wildman–Crippen MR) is 168 cm³/mol. The molecule has 2 bridgehead atoms. The topological polar surface area (TPSA) is 158 Å². The van der Waals surface area contributed by atoms with Gasteiger partial charge in [-0.15, -0.1) is 0 Å². The Bertz CT molecular complexity index is 1470. The number of nitrogens with one attached hydrogen (secondary N) is 1. The summed E-state index contributed by atoms with van der Waals surface area (Å²) in [5.74, 6) is -3.19. The van der Waals surface area contributed by atoms with Crippen LogP contribution in [0, 0.1) is 10.1 Å². The van der Waals surface area contributed by atoms with Gasteiger partial charge in [-0.1, -0.05) is 48.5 Å². The maximum Gasteiger partial charge on any atom is 0.336 e. The standard InChI is InChI=1S/C17H18N2O6.C17H23NO3/c1-9-13(16(20)24-3)15(14(10(2)18-9)17(21)25-4)11-7-5-6-8-12(11)19(22)23;1-18-13-7-8-14(18)10-15(9-13)21-17(20)16(11-19)12-5-3-2-4-6-12/h5-8,15,18H,1-4H3;2-6,13-16,19H,7-11H2,1H3/t;13-,14+,15+,16-/m.1/s1. The summed E-state index contributed by atoms with van der Waals surface area (Å²) in [6, 6.07) is 16.4. The number of para-hydroxylation sites is 1. The lowest BCUT2D eigenvalue weighted by molar-refractivity contribution is -0.385. The molecule has 0 aliphatic carbocycles. The molecule has 12 heteroatoms. The lowest BCUT2D eigenvalue weighted by Crippen LogP contribution is -2.43. The fourth-order valence-corrected chi connectivity index (χ4v) is 6.67. The molecule has 0 spiro atoms. The van der Waals surface area contributed by atoms with Crippen LogP contribution in [0.25, 0.3) is 0 Å². The van der Waals surface area contributed by atoms with Crippen molar-refractivity contribution in [1.82, 2.24) is 10.2 Å². The van der Waals surface area contributed by atoms with Crippen molar-refractivity contribution in [1.29, 1.82) is 0 Å². The Morgan fingerprint density at radius 3 is 1.96 bits per heavy atom. The molecule has 0 unspecified atom stereocenters. The first-order valence-corrected chi connectivity index (χ1v) is 15.2. The second-order valence-corrected chi connectivity index (χ2v) is 11.7. The minimum Gasteiger partial charge on any atom is -0.466 e. The third kappa shape index (κ3) is 7.29. The van der Waals surface area contributed by atoms with Crippen LogP contribution in [0.1, 0.15) is 62.5 Å². The highest BCUT2D eigenvalue weighted by molar-refractivity contribution is 6.00. The minimum atomic E-state index is -0.970. The fraction of sp³-hybridized carbons (Fsp3) is 0.441. The zero-order chi connectivity index (χ0) is 33.5. The van der Waals surface area contributed by atoms with Gasteiger partial charge in [-0.05, 0) is 52.1 Å². The van der Waals surface area contributed by atoms with E-state index in [2.05, 4.69) is 17.3 Å². The van der Waals surface area contributed by atoms with Crippen LogP contribution in [-0.4, -0.2) is 78.9 Å². The van der Waals surface area contributed by atoms with Gasteiger partial charge in [-0.2, -0.15) is 0 Å². The van der Waals surface area contributed by atoms with E-state index in [9.17, 15) is 29.6 Å². The Labute approximate surface area is 268 Å². The van der Waals surface area contributed by atoms with Crippen LogP contribution >= 0.6 is 0 Å². The van der Waals surface area contributed by atoms with Crippen molar-refractivity contribution in [2.24, 2.45) is 0 Å². The van der Waals surface area contributed by atoms with Crippen LogP contribution in [0.3, 0.4) is 0 Å². The second kappa shape index (κ2) is 15.2. The van der Waals surface area contributed by atoms with Gasteiger partial charge in [0.15, 0.2) is 0 Å². The van der Waals surface area contributed by atoms with Gasteiger partial charge >= 0.3 is 17.9 Å². The molecule has 5 rings (SSSR count). The zero-order valence-corrected chi connectivity index (χ0v) is 26.7. The first kappa shape index (κ1) is 34.3. The molecule has 0 radical (unpaired) electrons. The lowest BCUT2D eigenvalue weighted by Gasteiger charge is -2.36. The van der Waals surface area contributed by atoms with Crippen molar-refractivity contribution in [2.75, 3.05) is 27.9 Å². The summed E-state index contributed by atoms with van der Waals surface area (Å²) in [6.07, 6.45) is 4.26. The van der Waals surface area contributed by atoms with Crippen molar-refractivity contribution in [3.63, 3.8) is 0 Å². The molecular formula is C34H41N3O9. The summed E-state index contributed by atoms with van der Waals surface area (Å²) in [4.78, 5) is 50.4. The number of aliphatic hydroxyl groups excluding tert-OH is 1. The summed E-state index contributed by atoms with van der Waals surface area (Å²) in [6.45, 7) is 3.08. The highest BCUT2D eigenvalue weighted by Gasteiger charge is 2.41. The SMILES string of the molecule is CN1[C@@H]2CC[C@H]1C[C@@H](OC(=O)[C@H](CO)c1ccccc1)C2.COC(=O)C1=C(C)NC(C)=C(C(=O)OC)C1c1ccccc1[N+](=O)[O-]. The molecule has 2 fully saturated rings. The van der Waals surface area contributed by atoms with Gasteiger partial charge in [0.1, 0.15) is 12.0 Å². The molecular weight excluding hydrogens is 594 g/mol. The number of benzene rings is 2. The van der Waals surface area contributed by atoms with Crippen molar-refractivity contribution in [2.45, 2.75) is 69.6 Å². The number of nitrogens with zero attached hydrogens (tertiary/aromatic N) is 2. The molecule has 3 aliphatic rings. The number of carbonyl (C=O) groups excluding carboxylic acids is 3. The number of ether oxygens (including phenoxy) is 3. The number of rotatable bonds is 8. The van der Waals surface area contributed by atoms with Crippen molar-refractivity contribution < 1.29 is 38.6 Å². The van der Waals surface area contributed by atoms with Gasteiger partial charge in [0.05, 0.1) is 42.8 Å². The monoisotopic (exact) mass is 635 g/mol. The molecule has 0 amide bonds. The summed E-state index contributed by atoms with van der Waals surface area (Å²) in [5, 5.41) is 23.9. The summed E-state index contributed by atoms with van der Waals surface area (Å²) >= 11 is 0. The maximum absolute atomic E-state index is 12.4. The molecule has 0 saturated carbocycles.